The van der Waals surface area contributed by atoms with Crippen LogP contribution in [0.25, 0.3) is 0 Å². The summed E-state index contributed by atoms with van der Waals surface area (Å²) < 4.78 is 0. The molecule has 0 radical (unpaired) electrons. The first-order valence-corrected chi connectivity index (χ1v) is 8.88. The molecule has 2 heterocycles. The second-order valence-electron chi connectivity index (χ2n) is 6.82. The van der Waals surface area contributed by atoms with Gasteiger partial charge in [0.1, 0.15) is 17.8 Å². The van der Waals surface area contributed by atoms with Gasteiger partial charge in [0.15, 0.2) is 0 Å². The second-order valence-corrected chi connectivity index (χ2v) is 6.82. The van der Waals surface area contributed by atoms with Crippen molar-refractivity contribution in [2.45, 2.75) is 25.8 Å². The van der Waals surface area contributed by atoms with Crippen LogP contribution in [0.4, 0.5) is 11.5 Å². The average molecular weight is 337 g/mol. The number of hydrogen-bond donors (Lipinski definition) is 1. The third kappa shape index (κ3) is 3.73. The molecule has 0 unspecified atom stereocenters. The zero-order valence-electron chi connectivity index (χ0n) is 14.5. The number of carbonyl (C=O) groups excluding carboxylic acids is 1. The van der Waals surface area contributed by atoms with E-state index >= 15 is 0 Å². The van der Waals surface area contributed by atoms with Crippen LogP contribution < -0.4 is 15.1 Å². The molecular formula is C19H23N5O. The second kappa shape index (κ2) is 6.70. The van der Waals surface area contributed by atoms with Crippen LogP contribution in [0.5, 0.6) is 0 Å². The summed E-state index contributed by atoms with van der Waals surface area (Å²) >= 11 is 0. The largest absolute Gasteiger partial charge is 0.368 e. The molecule has 130 valence electrons. The van der Waals surface area contributed by atoms with Crippen molar-refractivity contribution in [2.24, 2.45) is 0 Å². The first kappa shape index (κ1) is 15.9. The highest BCUT2D eigenvalue weighted by atomic mass is 16.2. The fourth-order valence-corrected chi connectivity index (χ4v) is 3.15. The minimum atomic E-state index is -0.0930. The Morgan fingerprint density at radius 1 is 1.08 bits per heavy atom. The van der Waals surface area contributed by atoms with Gasteiger partial charge >= 0.3 is 0 Å². The molecule has 0 spiro atoms. The van der Waals surface area contributed by atoms with Crippen molar-refractivity contribution in [3.8, 4) is 0 Å². The summed E-state index contributed by atoms with van der Waals surface area (Å²) in [5, 5.41) is 2.98. The van der Waals surface area contributed by atoms with Crippen molar-refractivity contribution < 1.29 is 4.79 Å². The smallest absolute Gasteiger partial charge is 0.270 e. The maximum Gasteiger partial charge on any atom is 0.270 e. The highest BCUT2D eigenvalue weighted by Crippen LogP contribution is 2.21. The van der Waals surface area contributed by atoms with E-state index in [1.165, 1.54) is 17.6 Å². The fourth-order valence-electron chi connectivity index (χ4n) is 3.15. The first-order chi connectivity index (χ1) is 12.2. The molecule has 2 aromatic rings. The van der Waals surface area contributed by atoms with E-state index in [0.717, 1.165) is 44.8 Å². The van der Waals surface area contributed by atoms with Crippen LogP contribution in [0.3, 0.4) is 0 Å². The molecule has 1 aliphatic heterocycles. The highest BCUT2D eigenvalue weighted by Gasteiger charge is 2.25. The normalized spacial score (nSPS) is 17.5. The summed E-state index contributed by atoms with van der Waals surface area (Å²) in [7, 11) is 0. The predicted octanol–water partition coefficient (Wildman–Crippen LogP) is 2.00. The Morgan fingerprint density at radius 3 is 2.56 bits per heavy atom. The predicted molar refractivity (Wildman–Crippen MR) is 98.1 cm³/mol. The third-order valence-corrected chi connectivity index (χ3v) is 4.77. The topological polar surface area (TPSA) is 61.4 Å². The first-order valence-electron chi connectivity index (χ1n) is 8.88. The molecular weight excluding hydrogens is 314 g/mol. The minimum absolute atomic E-state index is 0.0930. The van der Waals surface area contributed by atoms with Crippen LogP contribution in [0, 0.1) is 6.92 Å². The Hall–Kier alpha value is -2.63. The molecule has 6 heteroatoms. The molecule has 2 aliphatic rings. The van der Waals surface area contributed by atoms with Gasteiger partial charge in [-0.1, -0.05) is 12.1 Å². The van der Waals surface area contributed by atoms with E-state index in [1.807, 2.05) is 0 Å². The van der Waals surface area contributed by atoms with E-state index in [4.69, 9.17) is 0 Å². The summed E-state index contributed by atoms with van der Waals surface area (Å²) in [5.74, 6) is 0.740. The summed E-state index contributed by atoms with van der Waals surface area (Å²) in [5.41, 5.74) is 3.01. The van der Waals surface area contributed by atoms with Gasteiger partial charge in [-0.15, -0.1) is 0 Å². The molecule has 1 N–H and O–H groups in total. The van der Waals surface area contributed by atoms with Crippen LogP contribution in [-0.4, -0.2) is 48.1 Å². The molecule has 6 nitrogen and oxygen atoms in total. The lowest BCUT2D eigenvalue weighted by Crippen LogP contribution is -2.47. The molecule has 1 aromatic heterocycles. The van der Waals surface area contributed by atoms with Gasteiger partial charge in [-0.3, -0.25) is 4.79 Å². The van der Waals surface area contributed by atoms with Crippen molar-refractivity contribution >= 4 is 17.4 Å². The summed E-state index contributed by atoms with van der Waals surface area (Å²) in [4.78, 5) is 25.3. The summed E-state index contributed by atoms with van der Waals surface area (Å²) in [6.45, 7) is 5.77. The summed E-state index contributed by atoms with van der Waals surface area (Å²) in [6, 6.07) is 10.7. The van der Waals surface area contributed by atoms with Gasteiger partial charge in [0.25, 0.3) is 5.91 Å². The van der Waals surface area contributed by atoms with Gasteiger partial charge in [0, 0.05) is 44.0 Å². The van der Waals surface area contributed by atoms with Gasteiger partial charge in [-0.25, -0.2) is 9.97 Å². The number of rotatable bonds is 4. The van der Waals surface area contributed by atoms with E-state index in [-0.39, 0.29) is 5.91 Å². The van der Waals surface area contributed by atoms with Gasteiger partial charge in [0.05, 0.1) is 0 Å². The molecule has 0 bridgehead atoms. The van der Waals surface area contributed by atoms with Crippen LogP contribution >= 0.6 is 0 Å². The average Bonchev–Trinajstić information content (AvgIpc) is 3.46. The molecule has 1 aliphatic carbocycles. The Kier molecular flexibility index (Phi) is 4.26. The Morgan fingerprint density at radius 2 is 1.84 bits per heavy atom. The zero-order chi connectivity index (χ0) is 17.2. The van der Waals surface area contributed by atoms with Crippen molar-refractivity contribution in [1.29, 1.82) is 0 Å². The number of anilines is 2. The zero-order valence-corrected chi connectivity index (χ0v) is 14.5. The quantitative estimate of drug-likeness (QED) is 0.925. The van der Waals surface area contributed by atoms with E-state index in [2.05, 4.69) is 56.3 Å². The number of amides is 1. The van der Waals surface area contributed by atoms with Crippen LogP contribution in [0.15, 0.2) is 36.7 Å². The van der Waals surface area contributed by atoms with E-state index in [9.17, 15) is 4.79 Å². The number of aromatic nitrogens is 2. The number of aryl methyl sites for hydroxylation is 1. The van der Waals surface area contributed by atoms with Crippen molar-refractivity contribution in [1.82, 2.24) is 15.3 Å². The van der Waals surface area contributed by atoms with E-state index < -0.39 is 0 Å². The number of piperazine rings is 1. The van der Waals surface area contributed by atoms with Crippen molar-refractivity contribution in [2.75, 3.05) is 36.0 Å². The van der Waals surface area contributed by atoms with Crippen LogP contribution in [0.1, 0.15) is 28.9 Å². The lowest BCUT2D eigenvalue weighted by atomic mass is 10.2. The van der Waals surface area contributed by atoms with Gasteiger partial charge < -0.3 is 15.1 Å². The molecule has 2 fully saturated rings. The Bertz CT molecular complexity index is 766. The van der Waals surface area contributed by atoms with Gasteiger partial charge in [-0.2, -0.15) is 0 Å². The minimum Gasteiger partial charge on any atom is -0.368 e. The highest BCUT2D eigenvalue weighted by molar-refractivity contribution is 5.93. The molecule has 1 amide bonds. The van der Waals surface area contributed by atoms with Gasteiger partial charge in [0.2, 0.25) is 0 Å². The lowest BCUT2D eigenvalue weighted by Gasteiger charge is -2.36. The van der Waals surface area contributed by atoms with E-state index in [1.54, 1.807) is 6.07 Å². The standard InChI is InChI=1S/C19H23N5O/c1-14-3-2-4-16(11-14)23-7-9-24(10-8-23)18-12-17(20-13-21-18)19(25)22-15-5-6-15/h2-4,11-13,15H,5-10H2,1H3,(H,22,25). The molecule has 0 atom stereocenters. The number of benzene rings is 1. The molecule has 25 heavy (non-hydrogen) atoms. The number of nitrogens with zero attached hydrogens (tertiary/aromatic N) is 4. The fraction of sp³-hybridized carbons (Fsp3) is 0.421. The Labute approximate surface area is 147 Å². The number of nitrogens with one attached hydrogen (secondary N) is 1. The lowest BCUT2D eigenvalue weighted by molar-refractivity contribution is 0.0946. The molecule has 1 saturated heterocycles. The molecule has 4 rings (SSSR count). The van der Waals surface area contributed by atoms with Crippen molar-refractivity contribution in [3.63, 3.8) is 0 Å². The molecule has 1 saturated carbocycles. The third-order valence-electron chi connectivity index (χ3n) is 4.77. The SMILES string of the molecule is Cc1cccc(N2CCN(c3cc(C(=O)NC4CC4)ncn3)CC2)c1. The molecule has 1 aromatic carbocycles. The van der Waals surface area contributed by atoms with E-state index in [0.29, 0.717) is 11.7 Å². The van der Waals surface area contributed by atoms with Crippen molar-refractivity contribution in [3.05, 3.63) is 47.9 Å². The number of hydrogen-bond acceptors (Lipinski definition) is 5. The summed E-state index contributed by atoms with van der Waals surface area (Å²) in [6.07, 6.45) is 3.64. The maximum atomic E-state index is 12.2. The number of carbonyl (C=O) groups is 1. The maximum absolute atomic E-state index is 12.2. The Balaban J connectivity index is 1.41. The van der Waals surface area contributed by atoms with Crippen LogP contribution in [0.2, 0.25) is 0 Å². The van der Waals surface area contributed by atoms with Crippen LogP contribution in [-0.2, 0) is 0 Å². The van der Waals surface area contributed by atoms with Gasteiger partial charge in [-0.05, 0) is 37.5 Å². The monoisotopic (exact) mass is 337 g/mol.